The fraction of sp³-hybridized carbons (Fsp3) is 0.636. The summed E-state index contributed by atoms with van der Waals surface area (Å²) >= 11 is 0. The number of halogens is 1. The molecule has 1 unspecified atom stereocenters. The summed E-state index contributed by atoms with van der Waals surface area (Å²) in [5.41, 5.74) is 1.62. The average Bonchev–Trinajstić information content (AvgIpc) is 3.17. The highest BCUT2D eigenvalue weighted by molar-refractivity contribution is 5.81. The summed E-state index contributed by atoms with van der Waals surface area (Å²) in [5.74, 6) is 1.14. The number of aliphatic imine (C=N–C) groups is 1. The van der Waals surface area contributed by atoms with Gasteiger partial charge in [0.15, 0.2) is 5.96 Å². The Labute approximate surface area is 167 Å². The van der Waals surface area contributed by atoms with E-state index in [1.54, 1.807) is 13.0 Å². The molecule has 3 rings (SSSR count). The summed E-state index contributed by atoms with van der Waals surface area (Å²) in [7, 11) is 0. The summed E-state index contributed by atoms with van der Waals surface area (Å²) in [6, 6.07) is 5.32. The SMILES string of the molecule is CCNC(=NCc1ccc(F)c(C)c1)NC1CCN(C(=O)C2CCCCC2)C1. The van der Waals surface area contributed by atoms with Crippen LogP contribution in [0.3, 0.4) is 0 Å². The van der Waals surface area contributed by atoms with Gasteiger partial charge in [0.1, 0.15) is 5.82 Å². The quantitative estimate of drug-likeness (QED) is 0.601. The van der Waals surface area contributed by atoms with Gasteiger partial charge < -0.3 is 15.5 Å². The topological polar surface area (TPSA) is 56.7 Å². The lowest BCUT2D eigenvalue weighted by molar-refractivity contribution is -0.135. The molecular weight excluding hydrogens is 355 g/mol. The highest BCUT2D eigenvalue weighted by atomic mass is 19.1. The molecule has 5 nitrogen and oxygen atoms in total. The van der Waals surface area contributed by atoms with Gasteiger partial charge >= 0.3 is 0 Å². The lowest BCUT2D eigenvalue weighted by Gasteiger charge is -2.26. The van der Waals surface area contributed by atoms with Crippen molar-refractivity contribution in [1.82, 2.24) is 15.5 Å². The number of aryl methyl sites for hydroxylation is 1. The molecule has 0 bridgehead atoms. The Kier molecular flexibility index (Phi) is 7.29. The van der Waals surface area contributed by atoms with Gasteiger partial charge in [-0.3, -0.25) is 4.79 Å². The average molecular weight is 389 g/mol. The van der Waals surface area contributed by atoms with E-state index in [1.807, 2.05) is 17.9 Å². The molecule has 1 aromatic rings. The van der Waals surface area contributed by atoms with Crippen molar-refractivity contribution in [3.63, 3.8) is 0 Å². The van der Waals surface area contributed by atoms with Gasteiger partial charge in [0, 0.05) is 31.6 Å². The van der Waals surface area contributed by atoms with Crippen LogP contribution >= 0.6 is 0 Å². The minimum atomic E-state index is -0.188. The number of hydrogen-bond donors (Lipinski definition) is 2. The van der Waals surface area contributed by atoms with Crippen LogP contribution in [0.25, 0.3) is 0 Å². The normalized spacial score (nSPS) is 21.0. The second-order valence-electron chi connectivity index (χ2n) is 8.03. The van der Waals surface area contributed by atoms with Crippen molar-refractivity contribution in [1.29, 1.82) is 0 Å². The van der Waals surface area contributed by atoms with Gasteiger partial charge in [0.25, 0.3) is 0 Å². The Morgan fingerprint density at radius 2 is 2.04 bits per heavy atom. The number of amides is 1. The van der Waals surface area contributed by atoms with E-state index in [0.29, 0.717) is 18.0 Å². The summed E-state index contributed by atoms with van der Waals surface area (Å²) in [6.45, 7) is 6.63. The summed E-state index contributed by atoms with van der Waals surface area (Å²) in [6.07, 6.45) is 6.68. The second-order valence-corrected chi connectivity index (χ2v) is 8.03. The minimum absolute atomic E-state index is 0.188. The van der Waals surface area contributed by atoms with Crippen LogP contribution in [0.15, 0.2) is 23.2 Å². The molecule has 2 N–H and O–H groups in total. The van der Waals surface area contributed by atoms with Gasteiger partial charge in [-0.15, -0.1) is 0 Å². The van der Waals surface area contributed by atoms with Crippen LogP contribution in [0.5, 0.6) is 0 Å². The number of nitrogens with one attached hydrogen (secondary N) is 2. The Hall–Kier alpha value is -2.11. The third-order valence-electron chi connectivity index (χ3n) is 5.78. The van der Waals surface area contributed by atoms with Crippen LogP contribution in [0.2, 0.25) is 0 Å². The zero-order chi connectivity index (χ0) is 19.9. The van der Waals surface area contributed by atoms with Crippen LogP contribution in [0, 0.1) is 18.7 Å². The van der Waals surface area contributed by atoms with Crippen LogP contribution in [0.4, 0.5) is 4.39 Å². The molecule has 1 heterocycles. The lowest BCUT2D eigenvalue weighted by Crippen LogP contribution is -2.45. The van der Waals surface area contributed by atoms with E-state index in [4.69, 9.17) is 0 Å². The number of guanidine groups is 1. The molecule has 6 heteroatoms. The largest absolute Gasteiger partial charge is 0.357 e. The number of carbonyl (C=O) groups excluding carboxylic acids is 1. The molecule has 2 aliphatic rings. The number of nitrogens with zero attached hydrogens (tertiary/aromatic N) is 2. The number of rotatable bonds is 5. The molecule has 1 saturated carbocycles. The van der Waals surface area contributed by atoms with Crippen LogP contribution in [-0.2, 0) is 11.3 Å². The predicted octanol–water partition coefficient (Wildman–Crippen LogP) is 3.37. The molecule has 28 heavy (non-hydrogen) atoms. The minimum Gasteiger partial charge on any atom is -0.357 e. The summed E-state index contributed by atoms with van der Waals surface area (Å²) < 4.78 is 13.4. The first-order valence-corrected chi connectivity index (χ1v) is 10.7. The van der Waals surface area contributed by atoms with Gasteiger partial charge in [0.2, 0.25) is 5.91 Å². The van der Waals surface area contributed by atoms with Crippen molar-refractivity contribution >= 4 is 11.9 Å². The monoisotopic (exact) mass is 388 g/mol. The van der Waals surface area contributed by atoms with Crippen molar-refractivity contribution in [2.45, 2.75) is 65.0 Å². The van der Waals surface area contributed by atoms with Crippen molar-refractivity contribution in [2.24, 2.45) is 10.9 Å². The van der Waals surface area contributed by atoms with E-state index in [9.17, 15) is 9.18 Å². The first-order chi connectivity index (χ1) is 13.6. The maximum absolute atomic E-state index is 13.4. The van der Waals surface area contributed by atoms with Crippen LogP contribution in [0.1, 0.15) is 56.6 Å². The van der Waals surface area contributed by atoms with Crippen LogP contribution < -0.4 is 10.6 Å². The van der Waals surface area contributed by atoms with E-state index < -0.39 is 0 Å². The molecule has 1 aromatic carbocycles. The molecule has 154 valence electrons. The van der Waals surface area contributed by atoms with Crippen molar-refractivity contribution < 1.29 is 9.18 Å². The molecule has 1 atom stereocenters. The third kappa shape index (κ3) is 5.46. The highest BCUT2D eigenvalue weighted by Gasteiger charge is 2.31. The number of likely N-dealkylation sites (tertiary alicyclic amines) is 1. The Bertz CT molecular complexity index is 700. The standard InChI is InChI=1S/C22H33FN4O/c1-3-24-22(25-14-17-9-10-20(23)16(2)13-17)26-19-11-12-27(15-19)21(28)18-7-5-4-6-8-18/h9-10,13,18-19H,3-8,11-12,14-15H2,1-2H3,(H2,24,25,26). The zero-order valence-electron chi connectivity index (χ0n) is 17.1. The molecule has 1 saturated heterocycles. The first kappa shape index (κ1) is 20.6. The molecule has 1 aliphatic carbocycles. The van der Waals surface area contributed by atoms with Gasteiger partial charge in [-0.2, -0.15) is 0 Å². The molecule has 1 aliphatic heterocycles. The maximum atomic E-state index is 13.4. The molecule has 1 amide bonds. The van der Waals surface area contributed by atoms with E-state index in [-0.39, 0.29) is 17.8 Å². The van der Waals surface area contributed by atoms with Gasteiger partial charge in [-0.1, -0.05) is 31.4 Å². The second kappa shape index (κ2) is 9.89. The zero-order valence-corrected chi connectivity index (χ0v) is 17.1. The molecule has 0 spiro atoms. The number of hydrogen-bond acceptors (Lipinski definition) is 2. The lowest BCUT2D eigenvalue weighted by atomic mass is 9.88. The fourth-order valence-corrected chi connectivity index (χ4v) is 4.17. The molecule has 2 fully saturated rings. The number of carbonyl (C=O) groups is 1. The predicted molar refractivity (Wildman–Crippen MR) is 111 cm³/mol. The first-order valence-electron chi connectivity index (χ1n) is 10.7. The van der Waals surface area contributed by atoms with Gasteiger partial charge in [-0.25, -0.2) is 9.38 Å². The van der Waals surface area contributed by atoms with E-state index >= 15 is 0 Å². The summed E-state index contributed by atoms with van der Waals surface area (Å²) in [4.78, 5) is 19.4. The van der Waals surface area contributed by atoms with Crippen molar-refractivity contribution in [2.75, 3.05) is 19.6 Å². The Morgan fingerprint density at radius 1 is 1.25 bits per heavy atom. The smallest absolute Gasteiger partial charge is 0.225 e. The van der Waals surface area contributed by atoms with E-state index in [2.05, 4.69) is 15.6 Å². The Morgan fingerprint density at radius 3 is 2.75 bits per heavy atom. The van der Waals surface area contributed by atoms with E-state index in [0.717, 1.165) is 50.4 Å². The number of benzene rings is 1. The van der Waals surface area contributed by atoms with Crippen molar-refractivity contribution in [3.8, 4) is 0 Å². The van der Waals surface area contributed by atoms with E-state index in [1.165, 1.54) is 25.3 Å². The summed E-state index contributed by atoms with van der Waals surface area (Å²) in [5, 5.41) is 6.75. The fourth-order valence-electron chi connectivity index (χ4n) is 4.17. The molecular formula is C22H33FN4O. The maximum Gasteiger partial charge on any atom is 0.225 e. The Balaban J connectivity index is 1.55. The molecule has 0 aromatic heterocycles. The highest BCUT2D eigenvalue weighted by Crippen LogP contribution is 2.26. The van der Waals surface area contributed by atoms with Gasteiger partial charge in [0.05, 0.1) is 6.54 Å². The third-order valence-corrected chi connectivity index (χ3v) is 5.78. The van der Waals surface area contributed by atoms with Crippen LogP contribution in [-0.4, -0.2) is 42.4 Å². The van der Waals surface area contributed by atoms with Crippen molar-refractivity contribution in [3.05, 3.63) is 35.1 Å². The molecule has 0 radical (unpaired) electrons. The van der Waals surface area contributed by atoms with Gasteiger partial charge in [-0.05, 0) is 50.3 Å².